The molecule has 4 rings (SSSR count). The Kier molecular flexibility index (Phi) is 9.72. The molecule has 2 fully saturated rings. The van der Waals surface area contributed by atoms with Gasteiger partial charge in [-0.05, 0) is 82.2 Å². The van der Waals surface area contributed by atoms with E-state index in [1.54, 1.807) is 0 Å². The molecule has 2 N–H and O–H groups in total. The number of nitrogens with zero attached hydrogens (tertiary/aromatic N) is 3. The predicted octanol–water partition coefficient (Wildman–Crippen LogP) is 3.18. The third-order valence-corrected chi connectivity index (χ3v) is 7.52. The number of amides is 1. The molecular weight excluding hydrogens is 446 g/mol. The Morgan fingerprint density at radius 1 is 0.886 bits per heavy atom. The quantitative estimate of drug-likeness (QED) is 0.499. The van der Waals surface area contributed by atoms with Crippen LogP contribution in [0.3, 0.4) is 0 Å². The van der Waals surface area contributed by atoms with Crippen molar-refractivity contribution in [2.24, 2.45) is 11.8 Å². The molecule has 0 radical (unpaired) electrons. The maximum atomic E-state index is 13.1. The molecule has 1 amide bonds. The van der Waals surface area contributed by atoms with Crippen molar-refractivity contribution in [3.63, 3.8) is 0 Å². The van der Waals surface area contributed by atoms with Gasteiger partial charge >= 0.3 is 11.9 Å². The summed E-state index contributed by atoms with van der Waals surface area (Å²) in [5.41, 5.74) is 4.05. The number of likely N-dealkylation sites (tertiary alicyclic amines) is 1. The Hall–Kier alpha value is -2.87. The molecule has 1 unspecified atom stereocenters. The smallest absolute Gasteiger partial charge is 0.414 e. The Labute approximate surface area is 208 Å². The van der Waals surface area contributed by atoms with E-state index in [-0.39, 0.29) is 5.92 Å². The molecule has 0 bridgehead atoms. The predicted molar refractivity (Wildman–Crippen MR) is 136 cm³/mol. The van der Waals surface area contributed by atoms with Gasteiger partial charge in [0, 0.05) is 44.3 Å². The maximum Gasteiger partial charge on any atom is 0.414 e. The Morgan fingerprint density at radius 3 is 2.11 bits per heavy atom. The zero-order valence-electron chi connectivity index (χ0n) is 21.0. The normalized spacial score (nSPS) is 21.3. The molecule has 35 heavy (non-hydrogen) atoms. The lowest BCUT2D eigenvalue weighted by Gasteiger charge is -2.40. The first-order chi connectivity index (χ1) is 16.8. The largest absolute Gasteiger partial charge is 0.473 e. The van der Waals surface area contributed by atoms with Crippen molar-refractivity contribution in [3.8, 4) is 0 Å². The molecule has 8 nitrogen and oxygen atoms in total. The summed E-state index contributed by atoms with van der Waals surface area (Å²) in [5, 5.41) is 14.8. The molecule has 1 aromatic carbocycles. The lowest BCUT2D eigenvalue weighted by Crippen LogP contribution is -2.52. The van der Waals surface area contributed by atoms with Crippen LogP contribution in [0.25, 0.3) is 0 Å². The number of carbonyl (C=O) groups is 3. The highest BCUT2D eigenvalue weighted by molar-refractivity contribution is 6.27. The lowest BCUT2D eigenvalue weighted by molar-refractivity contribution is -0.159. The van der Waals surface area contributed by atoms with Crippen molar-refractivity contribution < 1.29 is 24.6 Å². The molecule has 0 aromatic heterocycles. The number of hydrogen-bond acceptors (Lipinski definition) is 5. The van der Waals surface area contributed by atoms with Crippen LogP contribution in [-0.2, 0) is 14.4 Å². The van der Waals surface area contributed by atoms with Crippen LogP contribution in [0.2, 0.25) is 0 Å². The van der Waals surface area contributed by atoms with E-state index >= 15 is 0 Å². The second kappa shape index (κ2) is 12.7. The molecule has 2 saturated heterocycles. The van der Waals surface area contributed by atoms with Gasteiger partial charge in [0.1, 0.15) is 0 Å². The molecule has 2 heterocycles. The number of hydrogen-bond donors (Lipinski definition) is 2. The van der Waals surface area contributed by atoms with E-state index in [1.807, 2.05) is 0 Å². The molecule has 1 aromatic rings. The summed E-state index contributed by atoms with van der Waals surface area (Å²) < 4.78 is 0. The van der Waals surface area contributed by atoms with Crippen LogP contribution in [0.1, 0.15) is 43.2 Å². The molecule has 0 saturated carbocycles. The van der Waals surface area contributed by atoms with Crippen molar-refractivity contribution in [3.05, 3.63) is 41.5 Å². The first kappa shape index (κ1) is 26.7. The molecule has 8 heteroatoms. The summed E-state index contributed by atoms with van der Waals surface area (Å²) in [6.45, 7) is 11.4. The van der Waals surface area contributed by atoms with Gasteiger partial charge in [0.05, 0.1) is 0 Å². The van der Waals surface area contributed by atoms with E-state index < -0.39 is 11.9 Å². The first-order valence-electron chi connectivity index (χ1n) is 12.7. The number of aliphatic carboxylic acids is 2. The minimum atomic E-state index is -1.82. The lowest BCUT2D eigenvalue weighted by atomic mass is 9.91. The zero-order chi connectivity index (χ0) is 25.4. The molecule has 1 aliphatic carbocycles. The fourth-order valence-corrected chi connectivity index (χ4v) is 5.25. The van der Waals surface area contributed by atoms with E-state index in [2.05, 4.69) is 58.9 Å². The van der Waals surface area contributed by atoms with Gasteiger partial charge in [0.2, 0.25) is 5.91 Å². The van der Waals surface area contributed by atoms with Crippen LogP contribution in [-0.4, -0.2) is 83.7 Å². The van der Waals surface area contributed by atoms with Gasteiger partial charge in [0.15, 0.2) is 0 Å². The number of rotatable bonds is 4. The summed E-state index contributed by atoms with van der Waals surface area (Å²) >= 11 is 0. The fraction of sp³-hybridized carbons (Fsp3) is 0.593. The topological polar surface area (TPSA) is 101 Å². The van der Waals surface area contributed by atoms with Crippen molar-refractivity contribution in [2.75, 3.05) is 50.7 Å². The number of piperazine rings is 1. The van der Waals surface area contributed by atoms with E-state index in [4.69, 9.17) is 19.8 Å². The Bertz CT molecular complexity index is 903. The number of allylic oxidation sites excluding steroid dienone is 2. The van der Waals surface area contributed by atoms with Gasteiger partial charge in [0.25, 0.3) is 0 Å². The van der Waals surface area contributed by atoms with Gasteiger partial charge in [-0.25, -0.2) is 9.59 Å². The van der Waals surface area contributed by atoms with Gasteiger partial charge in [-0.1, -0.05) is 24.3 Å². The van der Waals surface area contributed by atoms with E-state index in [0.717, 1.165) is 58.0 Å². The maximum absolute atomic E-state index is 13.1. The van der Waals surface area contributed by atoms with Crippen LogP contribution in [0.4, 0.5) is 5.69 Å². The second-order valence-electron chi connectivity index (χ2n) is 9.87. The second-order valence-corrected chi connectivity index (χ2v) is 9.87. The fourth-order valence-electron chi connectivity index (χ4n) is 5.25. The highest BCUT2D eigenvalue weighted by Gasteiger charge is 2.31. The molecule has 192 valence electrons. The summed E-state index contributed by atoms with van der Waals surface area (Å²) in [6, 6.07) is 6.54. The Morgan fingerprint density at radius 2 is 1.54 bits per heavy atom. The monoisotopic (exact) mass is 485 g/mol. The molecule has 2 aliphatic heterocycles. The van der Waals surface area contributed by atoms with Crippen molar-refractivity contribution in [1.29, 1.82) is 0 Å². The summed E-state index contributed by atoms with van der Waals surface area (Å²) in [5.74, 6) is -2.17. The molecule has 1 atom stereocenters. The van der Waals surface area contributed by atoms with Crippen LogP contribution in [0, 0.1) is 25.7 Å². The van der Waals surface area contributed by atoms with Gasteiger partial charge in [-0.2, -0.15) is 0 Å². The van der Waals surface area contributed by atoms with Crippen molar-refractivity contribution >= 4 is 23.5 Å². The number of piperidine rings is 1. The van der Waals surface area contributed by atoms with E-state index in [1.165, 1.54) is 42.6 Å². The summed E-state index contributed by atoms with van der Waals surface area (Å²) in [4.78, 5) is 38.5. The number of carbonyl (C=O) groups excluding carboxylic acids is 1. The third-order valence-electron chi connectivity index (χ3n) is 7.52. The SMILES string of the molecule is Cc1cccc(N2CCN(C(=O)C3CCN(CC4CC=CCC4)CC3)CC2)c1C.O=C(O)C(=O)O. The average molecular weight is 486 g/mol. The highest BCUT2D eigenvalue weighted by atomic mass is 16.4. The van der Waals surface area contributed by atoms with Crippen molar-refractivity contribution in [1.82, 2.24) is 9.80 Å². The molecule has 3 aliphatic rings. The molecular formula is C27H39N3O5. The van der Waals surface area contributed by atoms with E-state index in [0.29, 0.717) is 5.91 Å². The number of benzene rings is 1. The molecule has 0 spiro atoms. The number of carboxylic acids is 2. The zero-order valence-corrected chi connectivity index (χ0v) is 21.0. The van der Waals surface area contributed by atoms with Crippen LogP contribution in [0.15, 0.2) is 30.4 Å². The van der Waals surface area contributed by atoms with E-state index in [9.17, 15) is 4.79 Å². The standard InChI is InChI=1S/C25H37N3O.C2H2O4/c1-20-7-6-10-24(21(20)2)27-15-17-28(18-16-27)25(29)23-11-13-26(14-12-23)19-22-8-4-3-5-9-22;3-1(4)2(5)6/h3-4,6-7,10,22-23H,5,8-9,11-19H2,1-2H3;(H,3,4)(H,5,6). The number of anilines is 1. The number of carboxylic acid groups (broad SMARTS) is 2. The van der Waals surface area contributed by atoms with Gasteiger partial charge < -0.3 is 24.9 Å². The van der Waals surface area contributed by atoms with Gasteiger partial charge in [-0.3, -0.25) is 4.79 Å². The highest BCUT2D eigenvalue weighted by Crippen LogP contribution is 2.27. The summed E-state index contributed by atoms with van der Waals surface area (Å²) in [7, 11) is 0. The van der Waals surface area contributed by atoms with Crippen LogP contribution >= 0.6 is 0 Å². The van der Waals surface area contributed by atoms with Crippen LogP contribution < -0.4 is 4.90 Å². The Balaban J connectivity index is 0.000000509. The first-order valence-corrected chi connectivity index (χ1v) is 12.7. The van der Waals surface area contributed by atoms with Crippen molar-refractivity contribution in [2.45, 2.75) is 46.0 Å². The van der Waals surface area contributed by atoms with Gasteiger partial charge in [-0.15, -0.1) is 0 Å². The average Bonchev–Trinajstić information content (AvgIpc) is 2.87. The third kappa shape index (κ3) is 7.56. The number of aryl methyl sites for hydroxylation is 1. The minimum Gasteiger partial charge on any atom is -0.473 e. The van der Waals surface area contributed by atoms with Crippen LogP contribution in [0.5, 0.6) is 0 Å². The summed E-state index contributed by atoms with van der Waals surface area (Å²) in [6.07, 6.45) is 10.6. The minimum absolute atomic E-state index is 0.241.